The quantitative estimate of drug-likeness (QED) is 0.135. The lowest BCUT2D eigenvalue weighted by molar-refractivity contribution is -0.147. The van der Waals surface area contributed by atoms with Gasteiger partial charge >= 0.3 is 0 Å². The molecule has 0 saturated carbocycles. The van der Waals surface area contributed by atoms with E-state index in [0.717, 1.165) is 49.7 Å². The number of aryl methyl sites for hydroxylation is 1. The Hall–Kier alpha value is -2.78. The number of amides is 2. The molecule has 2 aromatic rings. The van der Waals surface area contributed by atoms with Gasteiger partial charge in [-0.15, -0.1) is 11.3 Å². The molecule has 1 aliphatic heterocycles. The van der Waals surface area contributed by atoms with Crippen LogP contribution >= 0.6 is 11.3 Å². The minimum Gasteiger partial charge on any atom is -0.400 e. The number of carbonyl (C=O) groups excluding carboxylic acids is 3. The van der Waals surface area contributed by atoms with Crippen molar-refractivity contribution in [2.45, 2.75) is 53.0 Å². The van der Waals surface area contributed by atoms with Crippen molar-refractivity contribution in [3.8, 4) is 10.4 Å². The summed E-state index contributed by atoms with van der Waals surface area (Å²) in [5.74, 6) is -0.963. The fourth-order valence-electron chi connectivity index (χ4n) is 3.87. The van der Waals surface area contributed by atoms with Gasteiger partial charge in [0.15, 0.2) is 0 Å². The van der Waals surface area contributed by atoms with E-state index in [2.05, 4.69) is 55.8 Å². The number of rotatable bonds is 14. The molecule has 13 heteroatoms. The Balaban J connectivity index is 0.00000146. The monoisotopic (exact) mass is 639 g/mol. The molecule has 1 aromatic heterocycles. The lowest BCUT2D eigenvalue weighted by Crippen LogP contribution is -2.42. The van der Waals surface area contributed by atoms with Crippen molar-refractivity contribution >= 4 is 29.4 Å². The molecule has 250 valence electrons. The summed E-state index contributed by atoms with van der Waals surface area (Å²) in [6.45, 7) is 12.0. The average Bonchev–Trinajstić information content (AvgIpc) is 3.66. The summed E-state index contributed by atoms with van der Waals surface area (Å²) in [5.41, 5.74) is 20.3. The molecule has 1 saturated heterocycles. The van der Waals surface area contributed by atoms with E-state index in [1.54, 1.807) is 16.2 Å². The van der Waals surface area contributed by atoms with Crippen LogP contribution in [0.15, 0.2) is 29.8 Å². The number of likely N-dealkylation sites (tertiary alicyclic amines) is 1. The summed E-state index contributed by atoms with van der Waals surface area (Å²) in [4.78, 5) is 40.8. The van der Waals surface area contributed by atoms with Crippen molar-refractivity contribution in [1.82, 2.24) is 9.88 Å². The molecule has 1 aliphatic rings. The first-order valence-electron chi connectivity index (χ1n) is 14.6. The minimum absolute atomic E-state index is 0.0364. The number of thiazole rings is 1. The number of Topliss-reactive ketones (excluding diaryl/α,β-unsaturated/α-hetero) is 1. The van der Waals surface area contributed by atoms with Crippen molar-refractivity contribution in [2.24, 2.45) is 22.6 Å². The summed E-state index contributed by atoms with van der Waals surface area (Å²) in [6.07, 6.45) is 2.79. The Labute approximate surface area is 266 Å². The van der Waals surface area contributed by atoms with E-state index in [0.29, 0.717) is 44.9 Å². The number of ether oxygens (including phenoxy) is 3. The van der Waals surface area contributed by atoms with Crippen molar-refractivity contribution in [1.29, 1.82) is 0 Å². The highest BCUT2D eigenvalue weighted by atomic mass is 32.1. The number of aliphatic hydroxyl groups excluding tert-OH is 1. The summed E-state index contributed by atoms with van der Waals surface area (Å²) in [5, 5.41) is 7.00. The second-order valence-corrected chi connectivity index (χ2v) is 11.7. The number of ketones is 1. The van der Waals surface area contributed by atoms with Crippen molar-refractivity contribution in [3.05, 3.63) is 41.0 Å². The zero-order valence-corrected chi connectivity index (χ0v) is 27.8. The van der Waals surface area contributed by atoms with E-state index >= 15 is 0 Å². The van der Waals surface area contributed by atoms with Crippen molar-refractivity contribution in [3.63, 3.8) is 0 Å². The molecule has 0 aliphatic carbocycles. The molecule has 3 rings (SSSR count). The van der Waals surface area contributed by atoms with Gasteiger partial charge in [0, 0.05) is 26.2 Å². The third kappa shape index (κ3) is 17.5. The molecule has 1 atom stereocenters. The molecule has 44 heavy (non-hydrogen) atoms. The van der Waals surface area contributed by atoms with E-state index in [4.69, 9.17) is 35.6 Å². The van der Waals surface area contributed by atoms with Gasteiger partial charge < -0.3 is 41.4 Å². The fraction of sp³-hybridized carbons (Fsp3) is 0.613. The first-order valence-corrected chi connectivity index (χ1v) is 15.5. The standard InChI is InChI=1S/C24H33N3O5S.C5H13N.CH3NO.CH4O/c1-18-23(33-17-26-18)20-6-4-19(5-7-20)15-21-3-2-9-27(21)24(29)22(28)16-32-14-13-31-12-11-30-10-8-25;1-5(2,3)4-6;2-1-3;1-2/h4-7,17,21H,2-3,8-16,25H2,1H3;4,6H2,1-3H3;1H,(H2,2,3);2H,1H3. The Morgan fingerprint density at radius 1 is 1.05 bits per heavy atom. The number of primary amides is 1. The van der Waals surface area contributed by atoms with Gasteiger partial charge in [-0.05, 0) is 49.3 Å². The molecule has 0 radical (unpaired) electrons. The van der Waals surface area contributed by atoms with E-state index in [1.165, 1.54) is 4.88 Å². The second kappa shape index (κ2) is 24.5. The van der Waals surface area contributed by atoms with Crippen LogP contribution in [0.1, 0.15) is 44.9 Å². The molecule has 2 heterocycles. The number of carbonyl (C=O) groups is 3. The van der Waals surface area contributed by atoms with Gasteiger partial charge in [-0.25, -0.2) is 4.98 Å². The van der Waals surface area contributed by atoms with E-state index < -0.39 is 11.7 Å². The number of nitrogens with zero attached hydrogens (tertiary/aromatic N) is 2. The zero-order valence-electron chi connectivity index (χ0n) is 27.0. The van der Waals surface area contributed by atoms with Crippen LogP contribution in [0, 0.1) is 12.3 Å². The van der Waals surface area contributed by atoms with Crippen LogP contribution in [-0.2, 0) is 35.0 Å². The van der Waals surface area contributed by atoms with Crippen LogP contribution in [0.2, 0.25) is 0 Å². The topological polar surface area (TPSA) is 193 Å². The van der Waals surface area contributed by atoms with Gasteiger partial charge in [-0.1, -0.05) is 45.0 Å². The van der Waals surface area contributed by atoms with Crippen LogP contribution in [0.4, 0.5) is 0 Å². The Kier molecular flexibility index (Phi) is 23.0. The Morgan fingerprint density at radius 2 is 1.59 bits per heavy atom. The Bertz CT molecular complexity index is 1040. The van der Waals surface area contributed by atoms with Gasteiger partial charge in [0.2, 0.25) is 12.2 Å². The maximum absolute atomic E-state index is 12.7. The van der Waals surface area contributed by atoms with E-state index in [9.17, 15) is 9.59 Å². The van der Waals surface area contributed by atoms with E-state index in [-0.39, 0.29) is 25.7 Å². The maximum Gasteiger partial charge on any atom is 0.292 e. The highest BCUT2D eigenvalue weighted by Crippen LogP contribution is 2.28. The predicted octanol–water partition coefficient (Wildman–Crippen LogP) is 1.93. The average molecular weight is 640 g/mol. The van der Waals surface area contributed by atoms with Crippen LogP contribution in [0.5, 0.6) is 0 Å². The zero-order chi connectivity index (χ0) is 33.4. The first kappa shape index (κ1) is 41.2. The number of hydrogen-bond donors (Lipinski definition) is 4. The molecule has 1 aromatic carbocycles. The fourth-order valence-corrected chi connectivity index (χ4v) is 4.68. The van der Waals surface area contributed by atoms with Gasteiger partial charge in [-0.2, -0.15) is 0 Å². The number of aliphatic hydroxyl groups is 1. The number of benzene rings is 1. The van der Waals surface area contributed by atoms with Crippen molar-refractivity contribution < 1.29 is 33.7 Å². The highest BCUT2D eigenvalue weighted by Gasteiger charge is 2.32. The number of nitrogens with two attached hydrogens (primary N) is 3. The normalized spacial score (nSPS) is 13.9. The maximum atomic E-state index is 12.7. The third-order valence-electron chi connectivity index (χ3n) is 6.16. The second-order valence-electron chi connectivity index (χ2n) is 10.9. The van der Waals surface area contributed by atoms with Crippen LogP contribution < -0.4 is 17.2 Å². The lowest BCUT2D eigenvalue weighted by Gasteiger charge is -2.24. The van der Waals surface area contributed by atoms with Gasteiger partial charge in [0.05, 0.1) is 49.1 Å². The summed E-state index contributed by atoms with van der Waals surface area (Å²) in [6, 6.07) is 8.43. The van der Waals surface area contributed by atoms with Crippen LogP contribution in [-0.4, -0.2) is 106 Å². The van der Waals surface area contributed by atoms with Crippen LogP contribution in [0.25, 0.3) is 10.4 Å². The van der Waals surface area contributed by atoms with Gasteiger partial charge in [0.25, 0.3) is 5.91 Å². The number of hydrogen-bond acceptors (Lipinski definition) is 11. The summed E-state index contributed by atoms with van der Waals surface area (Å²) < 4.78 is 15.9. The molecular weight excluding hydrogens is 586 g/mol. The SMILES string of the molecule is CC(C)(C)CN.CO.Cc1ncsc1-c1ccc(CC2CCCN2C(=O)C(=O)COCCOCCOCCN)cc1.NC=O. The highest BCUT2D eigenvalue weighted by molar-refractivity contribution is 7.13. The lowest BCUT2D eigenvalue weighted by atomic mass is 9.98. The molecule has 0 spiro atoms. The third-order valence-corrected chi connectivity index (χ3v) is 7.14. The van der Waals surface area contributed by atoms with Crippen LogP contribution in [0.3, 0.4) is 0 Å². The van der Waals surface area contributed by atoms with E-state index in [1.807, 2.05) is 12.4 Å². The predicted molar refractivity (Wildman–Crippen MR) is 174 cm³/mol. The minimum atomic E-state index is -0.510. The number of aromatic nitrogens is 1. The molecule has 1 unspecified atom stereocenters. The summed E-state index contributed by atoms with van der Waals surface area (Å²) in [7, 11) is 1.00. The molecule has 2 amide bonds. The first-order chi connectivity index (χ1) is 21.1. The van der Waals surface area contributed by atoms with Gasteiger partial charge in [-0.3, -0.25) is 14.4 Å². The molecule has 12 nitrogen and oxygen atoms in total. The molecule has 0 bridgehead atoms. The molecular formula is C31H53N5O7S. The largest absolute Gasteiger partial charge is 0.400 e. The molecule has 7 N–H and O–H groups in total. The smallest absolute Gasteiger partial charge is 0.292 e. The summed E-state index contributed by atoms with van der Waals surface area (Å²) >= 11 is 1.63. The van der Waals surface area contributed by atoms with Gasteiger partial charge in [0.1, 0.15) is 6.61 Å². The Morgan fingerprint density at radius 3 is 2.09 bits per heavy atom. The van der Waals surface area contributed by atoms with Crippen molar-refractivity contribution in [2.75, 3.05) is 66.4 Å². The molecule has 1 fully saturated rings.